The fourth-order valence-electron chi connectivity index (χ4n) is 2.07. The molecule has 0 saturated heterocycles. The van der Waals surface area contributed by atoms with Gasteiger partial charge in [0.2, 0.25) is 5.91 Å². The molecule has 1 amide bonds. The lowest BCUT2D eigenvalue weighted by Crippen LogP contribution is -2.36. The molecule has 112 valence electrons. The molecule has 0 spiro atoms. The molecule has 1 rings (SSSR count). The molecule has 0 bridgehead atoms. The van der Waals surface area contributed by atoms with Crippen molar-refractivity contribution in [2.75, 3.05) is 40.3 Å². The number of nitrogens with one attached hydrogen (secondary N) is 2. The van der Waals surface area contributed by atoms with Crippen molar-refractivity contribution in [1.82, 2.24) is 15.5 Å². The zero-order valence-electron chi connectivity index (χ0n) is 12.7. The first kappa shape index (κ1) is 16.7. The maximum absolute atomic E-state index is 11.7. The Morgan fingerprint density at radius 2 is 1.90 bits per heavy atom. The number of carbonyl (C=O) groups excluding carboxylic acids is 1. The number of benzene rings is 1. The van der Waals surface area contributed by atoms with Gasteiger partial charge in [0, 0.05) is 6.54 Å². The molecule has 0 radical (unpaired) electrons. The van der Waals surface area contributed by atoms with Crippen molar-refractivity contribution in [3.05, 3.63) is 35.9 Å². The second-order valence-electron chi connectivity index (χ2n) is 5.13. The quantitative estimate of drug-likeness (QED) is 0.633. The fourth-order valence-corrected chi connectivity index (χ4v) is 2.07. The Hall–Kier alpha value is -1.39. The highest BCUT2D eigenvalue weighted by Crippen LogP contribution is 2.01. The number of hydrogen-bond acceptors (Lipinski definition) is 3. The van der Waals surface area contributed by atoms with Gasteiger partial charge in [-0.05, 0) is 52.0 Å². The Bertz CT molecular complexity index is 367. The Morgan fingerprint density at radius 1 is 1.15 bits per heavy atom. The molecule has 0 saturated carbocycles. The summed E-state index contributed by atoms with van der Waals surface area (Å²) in [5.74, 6) is 0.116. The van der Waals surface area contributed by atoms with Crippen LogP contribution in [0.15, 0.2) is 30.3 Å². The first-order valence-corrected chi connectivity index (χ1v) is 7.36. The van der Waals surface area contributed by atoms with Crippen molar-refractivity contribution in [2.24, 2.45) is 0 Å². The summed E-state index contributed by atoms with van der Waals surface area (Å²) in [4.78, 5) is 13.8. The summed E-state index contributed by atoms with van der Waals surface area (Å²) in [5, 5.41) is 6.08. The van der Waals surface area contributed by atoms with E-state index < -0.39 is 0 Å². The lowest BCUT2D eigenvalue weighted by atomic mass is 10.1. The summed E-state index contributed by atoms with van der Waals surface area (Å²) >= 11 is 0. The minimum absolute atomic E-state index is 0.116. The zero-order chi connectivity index (χ0) is 14.6. The van der Waals surface area contributed by atoms with Gasteiger partial charge in [-0.2, -0.15) is 0 Å². The van der Waals surface area contributed by atoms with Crippen LogP contribution in [0.2, 0.25) is 0 Å². The summed E-state index contributed by atoms with van der Waals surface area (Å²) < 4.78 is 0. The highest BCUT2D eigenvalue weighted by molar-refractivity contribution is 5.77. The van der Waals surface area contributed by atoms with E-state index in [0.29, 0.717) is 6.54 Å². The largest absolute Gasteiger partial charge is 0.355 e. The molecule has 0 heterocycles. The number of rotatable bonds is 10. The van der Waals surface area contributed by atoms with Gasteiger partial charge in [-0.25, -0.2) is 0 Å². The van der Waals surface area contributed by atoms with E-state index in [1.165, 1.54) is 5.56 Å². The van der Waals surface area contributed by atoms with E-state index in [0.717, 1.165) is 38.9 Å². The first-order chi connectivity index (χ1) is 9.72. The van der Waals surface area contributed by atoms with Crippen molar-refractivity contribution in [2.45, 2.75) is 19.3 Å². The molecule has 20 heavy (non-hydrogen) atoms. The topological polar surface area (TPSA) is 44.4 Å². The Kier molecular flexibility index (Phi) is 8.67. The third-order valence-corrected chi connectivity index (χ3v) is 3.19. The molecule has 1 aromatic carbocycles. The maximum Gasteiger partial charge on any atom is 0.234 e. The van der Waals surface area contributed by atoms with Crippen molar-refractivity contribution in [1.29, 1.82) is 0 Å². The van der Waals surface area contributed by atoms with E-state index in [1.807, 2.05) is 32.3 Å². The van der Waals surface area contributed by atoms with Crippen LogP contribution in [-0.2, 0) is 11.2 Å². The molecule has 0 atom stereocenters. The third kappa shape index (κ3) is 7.92. The normalized spacial score (nSPS) is 10.8. The van der Waals surface area contributed by atoms with Crippen LogP contribution in [0.5, 0.6) is 0 Å². The van der Waals surface area contributed by atoms with E-state index in [2.05, 4.69) is 27.7 Å². The second kappa shape index (κ2) is 10.4. The van der Waals surface area contributed by atoms with Crippen molar-refractivity contribution in [3.63, 3.8) is 0 Å². The SMILES string of the molecule is CNCCCN(C)CC(=O)NCCCc1ccccc1. The van der Waals surface area contributed by atoms with E-state index >= 15 is 0 Å². The molecule has 0 fully saturated rings. The van der Waals surface area contributed by atoms with E-state index in [1.54, 1.807) is 0 Å². The van der Waals surface area contributed by atoms with Gasteiger partial charge >= 0.3 is 0 Å². The standard InChI is InChI=1S/C16H27N3O/c1-17-11-7-13-19(2)14-16(20)18-12-6-10-15-8-4-3-5-9-15/h3-5,8-9,17H,6-7,10-14H2,1-2H3,(H,18,20). The van der Waals surface area contributed by atoms with Crippen LogP contribution < -0.4 is 10.6 Å². The van der Waals surface area contributed by atoms with Crippen molar-refractivity contribution < 1.29 is 4.79 Å². The van der Waals surface area contributed by atoms with E-state index in [9.17, 15) is 4.79 Å². The number of aryl methyl sites for hydroxylation is 1. The highest BCUT2D eigenvalue weighted by atomic mass is 16.2. The molecule has 0 aromatic heterocycles. The van der Waals surface area contributed by atoms with Crippen LogP contribution in [0.1, 0.15) is 18.4 Å². The summed E-state index contributed by atoms with van der Waals surface area (Å²) in [6, 6.07) is 10.4. The van der Waals surface area contributed by atoms with Crippen molar-refractivity contribution in [3.8, 4) is 0 Å². The summed E-state index contributed by atoms with van der Waals surface area (Å²) in [6.07, 6.45) is 3.06. The molecule has 4 heteroatoms. The van der Waals surface area contributed by atoms with Crippen LogP contribution >= 0.6 is 0 Å². The van der Waals surface area contributed by atoms with Gasteiger partial charge < -0.3 is 10.6 Å². The minimum Gasteiger partial charge on any atom is -0.355 e. The predicted octanol–water partition coefficient (Wildman–Crippen LogP) is 1.28. The average Bonchev–Trinajstić information content (AvgIpc) is 2.45. The summed E-state index contributed by atoms with van der Waals surface area (Å²) in [7, 11) is 3.93. The Balaban J connectivity index is 2.05. The Morgan fingerprint density at radius 3 is 2.60 bits per heavy atom. The maximum atomic E-state index is 11.7. The molecular formula is C16H27N3O. The van der Waals surface area contributed by atoms with Crippen LogP contribution in [0.3, 0.4) is 0 Å². The molecule has 0 aliphatic rings. The molecule has 1 aromatic rings. The lowest BCUT2D eigenvalue weighted by Gasteiger charge is -2.16. The zero-order valence-corrected chi connectivity index (χ0v) is 12.7. The number of nitrogens with zero attached hydrogens (tertiary/aromatic N) is 1. The molecule has 0 aliphatic carbocycles. The van der Waals surface area contributed by atoms with Gasteiger partial charge in [-0.3, -0.25) is 9.69 Å². The van der Waals surface area contributed by atoms with Gasteiger partial charge in [0.05, 0.1) is 6.54 Å². The first-order valence-electron chi connectivity index (χ1n) is 7.36. The van der Waals surface area contributed by atoms with Crippen LogP contribution in [-0.4, -0.2) is 51.1 Å². The van der Waals surface area contributed by atoms with Crippen LogP contribution in [0, 0.1) is 0 Å². The van der Waals surface area contributed by atoms with Gasteiger partial charge in [-0.15, -0.1) is 0 Å². The number of likely N-dealkylation sites (N-methyl/N-ethyl adjacent to an activating group) is 1. The smallest absolute Gasteiger partial charge is 0.234 e. The fraction of sp³-hybridized carbons (Fsp3) is 0.562. The molecule has 0 unspecified atom stereocenters. The highest BCUT2D eigenvalue weighted by Gasteiger charge is 2.05. The minimum atomic E-state index is 0.116. The van der Waals surface area contributed by atoms with Gasteiger partial charge in [0.15, 0.2) is 0 Å². The third-order valence-electron chi connectivity index (χ3n) is 3.19. The molecule has 2 N–H and O–H groups in total. The van der Waals surface area contributed by atoms with Gasteiger partial charge in [-0.1, -0.05) is 30.3 Å². The lowest BCUT2D eigenvalue weighted by molar-refractivity contribution is -0.121. The summed E-state index contributed by atoms with van der Waals surface area (Å²) in [6.45, 7) is 3.16. The average molecular weight is 277 g/mol. The number of amides is 1. The summed E-state index contributed by atoms with van der Waals surface area (Å²) in [5.41, 5.74) is 1.32. The molecule has 4 nitrogen and oxygen atoms in total. The van der Waals surface area contributed by atoms with Gasteiger partial charge in [0.25, 0.3) is 0 Å². The van der Waals surface area contributed by atoms with Crippen LogP contribution in [0.25, 0.3) is 0 Å². The molecule has 0 aliphatic heterocycles. The monoisotopic (exact) mass is 277 g/mol. The molecular weight excluding hydrogens is 250 g/mol. The Labute approximate surface area is 122 Å². The predicted molar refractivity (Wildman–Crippen MR) is 83.8 cm³/mol. The van der Waals surface area contributed by atoms with E-state index in [-0.39, 0.29) is 5.91 Å². The second-order valence-corrected chi connectivity index (χ2v) is 5.13. The van der Waals surface area contributed by atoms with Crippen molar-refractivity contribution >= 4 is 5.91 Å². The van der Waals surface area contributed by atoms with Gasteiger partial charge in [0.1, 0.15) is 0 Å². The number of carbonyl (C=O) groups is 1. The number of hydrogen-bond donors (Lipinski definition) is 2. The van der Waals surface area contributed by atoms with E-state index in [4.69, 9.17) is 0 Å². The van der Waals surface area contributed by atoms with Crippen LogP contribution in [0.4, 0.5) is 0 Å².